The van der Waals surface area contributed by atoms with E-state index in [4.69, 9.17) is 11.6 Å². The first-order valence-electron chi connectivity index (χ1n) is 9.16. The van der Waals surface area contributed by atoms with E-state index in [0.717, 1.165) is 30.6 Å². The Morgan fingerprint density at radius 1 is 1.19 bits per heavy atom. The Hall–Kier alpha value is -1.56. The quantitative estimate of drug-likeness (QED) is 0.579. The fraction of sp³-hybridized carbons (Fsp3) is 0.450. The predicted molar refractivity (Wildman–Crippen MR) is 112 cm³/mol. The summed E-state index contributed by atoms with van der Waals surface area (Å²) in [6.07, 6.45) is 2.49. The highest BCUT2D eigenvalue weighted by molar-refractivity contribution is 7.09. The summed E-state index contributed by atoms with van der Waals surface area (Å²) in [5.41, 5.74) is 1.19. The zero-order valence-electron chi connectivity index (χ0n) is 15.2. The lowest BCUT2D eigenvalue weighted by molar-refractivity contribution is 0.179. The number of aliphatic imine (C=N–C) groups is 1. The summed E-state index contributed by atoms with van der Waals surface area (Å²) in [6.45, 7) is 5.19. The lowest BCUT2D eigenvalue weighted by Crippen LogP contribution is -2.42. The van der Waals surface area contributed by atoms with Gasteiger partial charge in [-0.05, 0) is 61.0 Å². The summed E-state index contributed by atoms with van der Waals surface area (Å²) < 4.78 is 0. The molecule has 140 valence electrons. The fourth-order valence-electron chi connectivity index (χ4n) is 3.22. The van der Waals surface area contributed by atoms with Crippen LogP contribution in [0.1, 0.15) is 23.3 Å². The summed E-state index contributed by atoms with van der Waals surface area (Å²) in [5, 5.41) is 9.77. The molecular weight excluding hydrogens is 364 g/mol. The number of nitrogens with zero attached hydrogens (tertiary/aromatic N) is 2. The van der Waals surface area contributed by atoms with Gasteiger partial charge in [-0.1, -0.05) is 29.8 Å². The number of benzene rings is 1. The predicted octanol–water partition coefficient (Wildman–Crippen LogP) is 3.98. The first kappa shape index (κ1) is 19.2. The number of rotatable bonds is 6. The number of likely N-dealkylation sites (tertiary alicyclic amines) is 1. The van der Waals surface area contributed by atoms with Gasteiger partial charge in [-0.25, -0.2) is 0 Å². The minimum absolute atomic E-state index is 0.712. The van der Waals surface area contributed by atoms with Crippen molar-refractivity contribution in [3.63, 3.8) is 0 Å². The molecule has 0 atom stereocenters. The van der Waals surface area contributed by atoms with Crippen LogP contribution in [0.25, 0.3) is 0 Å². The van der Waals surface area contributed by atoms with E-state index in [1.54, 1.807) is 0 Å². The third-order valence-corrected chi connectivity index (χ3v) is 5.93. The molecule has 0 spiro atoms. The molecule has 0 bridgehead atoms. The van der Waals surface area contributed by atoms with Gasteiger partial charge in [0.1, 0.15) is 0 Å². The van der Waals surface area contributed by atoms with Gasteiger partial charge in [-0.2, -0.15) is 0 Å². The topological polar surface area (TPSA) is 39.7 Å². The van der Waals surface area contributed by atoms with E-state index in [9.17, 15) is 0 Å². The smallest absolute Gasteiger partial charge is 0.191 e. The van der Waals surface area contributed by atoms with Gasteiger partial charge in [0.25, 0.3) is 0 Å². The number of hydrogen-bond acceptors (Lipinski definition) is 3. The van der Waals surface area contributed by atoms with Crippen LogP contribution in [0.3, 0.4) is 0 Å². The van der Waals surface area contributed by atoms with Gasteiger partial charge in [0.15, 0.2) is 5.96 Å². The minimum Gasteiger partial charge on any atom is -0.356 e. The zero-order chi connectivity index (χ0) is 18.2. The molecule has 0 unspecified atom stereocenters. The molecule has 0 amide bonds. The molecule has 0 radical (unpaired) electrons. The van der Waals surface area contributed by atoms with Crippen molar-refractivity contribution >= 4 is 28.9 Å². The van der Waals surface area contributed by atoms with Gasteiger partial charge in [0, 0.05) is 36.6 Å². The van der Waals surface area contributed by atoms with Crippen molar-refractivity contribution < 1.29 is 0 Å². The summed E-state index contributed by atoms with van der Waals surface area (Å²) in [4.78, 5) is 8.36. The highest BCUT2D eigenvalue weighted by Gasteiger charge is 2.19. The van der Waals surface area contributed by atoms with Crippen molar-refractivity contribution in [2.24, 2.45) is 10.9 Å². The SMILES string of the molecule is CN=C(NCc1ccc(Cl)cc1)NCC1CCN(Cc2cccs2)CC1. The van der Waals surface area contributed by atoms with Gasteiger partial charge in [-0.3, -0.25) is 9.89 Å². The van der Waals surface area contributed by atoms with Gasteiger partial charge in [0.05, 0.1) is 0 Å². The molecule has 1 aromatic heterocycles. The molecule has 1 aliphatic heterocycles. The maximum Gasteiger partial charge on any atom is 0.191 e. The second kappa shape index (κ2) is 9.95. The van der Waals surface area contributed by atoms with Crippen molar-refractivity contribution in [3.05, 3.63) is 57.2 Å². The van der Waals surface area contributed by atoms with Gasteiger partial charge >= 0.3 is 0 Å². The molecule has 4 nitrogen and oxygen atoms in total. The molecule has 0 saturated carbocycles. The summed E-state index contributed by atoms with van der Waals surface area (Å²) >= 11 is 7.78. The van der Waals surface area contributed by atoms with Crippen LogP contribution in [-0.2, 0) is 13.1 Å². The molecule has 1 aliphatic rings. The maximum atomic E-state index is 5.93. The van der Waals surface area contributed by atoms with Crippen LogP contribution in [0.2, 0.25) is 5.02 Å². The maximum absolute atomic E-state index is 5.93. The normalized spacial score (nSPS) is 16.6. The number of hydrogen-bond donors (Lipinski definition) is 2. The van der Waals surface area contributed by atoms with Crippen LogP contribution in [0.4, 0.5) is 0 Å². The fourth-order valence-corrected chi connectivity index (χ4v) is 4.09. The van der Waals surface area contributed by atoms with Crippen LogP contribution >= 0.6 is 22.9 Å². The van der Waals surface area contributed by atoms with Crippen molar-refractivity contribution in [3.8, 4) is 0 Å². The summed E-state index contributed by atoms with van der Waals surface area (Å²) in [5.74, 6) is 1.57. The third-order valence-electron chi connectivity index (χ3n) is 4.82. The van der Waals surface area contributed by atoms with E-state index in [-0.39, 0.29) is 0 Å². The Labute approximate surface area is 165 Å². The number of piperidine rings is 1. The van der Waals surface area contributed by atoms with Gasteiger partial charge in [-0.15, -0.1) is 11.3 Å². The molecule has 6 heteroatoms. The first-order valence-corrected chi connectivity index (χ1v) is 10.4. The summed E-state index contributed by atoms with van der Waals surface area (Å²) in [6, 6.07) is 12.3. The van der Waals surface area contributed by atoms with Crippen LogP contribution in [0, 0.1) is 5.92 Å². The number of thiophene rings is 1. The Kier molecular flexibility index (Phi) is 7.35. The highest BCUT2D eigenvalue weighted by atomic mass is 35.5. The molecule has 2 aromatic rings. The number of guanidine groups is 1. The molecule has 1 fully saturated rings. The van der Waals surface area contributed by atoms with Crippen molar-refractivity contribution in [2.45, 2.75) is 25.9 Å². The van der Waals surface area contributed by atoms with E-state index < -0.39 is 0 Å². The van der Waals surface area contributed by atoms with E-state index in [1.807, 2.05) is 42.6 Å². The molecule has 1 saturated heterocycles. The molecule has 1 aromatic carbocycles. The van der Waals surface area contributed by atoms with E-state index >= 15 is 0 Å². The monoisotopic (exact) mass is 390 g/mol. The van der Waals surface area contributed by atoms with E-state index in [2.05, 4.69) is 38.0 Å². The Morgan fingerprint density at radius 3 is 2.62 bits per heavy atom. The van der Waals surface area contributed by atoms with Crippen molar-refractivity contribution in [2.75, 3.05) is 26.7 Å². The highest BCUT2D eigenvalue weighted by Crippen LogP contribution is 2.20. The standard InChI is InChI=1S/C20H27ClN4S/c1-22-20(23-13-16-4-6-18(21)7-5-16)24-14-17-8-10-25(11-9-17)15-19-3-2-12-26-19/h2-7,12,17H,8-11,13-15H2,1H3,(H2,22,23,24). The average molecular weight is 391 g/mol. The molecule has 3 rings (SSSR count). The van der Waals surface area contributed by atoms with Crippen molar-refractivity contribution in [1.82, 2.24) is 15.5 Å². The largest absolute Gasteiger partial charge is 0.356 e. The van der Waals surface area contributed by atoms with E-state index in [0.29, 0.717) is 5.92 Å². The van der Waals surface area contributed by atoms with E-state index in [1.165, 1.54) is 36.4 Å². The van der Waals surface area contributed by atoms with Gasteiger partial charge < -0.3 is 10.6 Å². The molecule has 2 N–H and O–H groups in total. The molecular formula is C20H27ClN4S. The first-order chi connectivity index (χ1) is 12.7. The third kappa shape index (κ3) is 6.01. The van der Waals surface area contributed by atoms with Crippen LogP contribution in [0.15, 0.2) is 46.8 Å². The second-order valence-electron chi connectivity index (χ2n) is 6.73. The average Bonchev–Trinajstić information content (AvgIpc) is 3.17. The number of nitrogens with one attached hydrogen (secondary N) is 2. The van der Waals surface area contributed by atoms with Crippen LogP contribution in [-0.4, -0.2) is 37.5 Å². The molecule has 0 aliphatic carbocycles. The van der Waals surface area contributed by atoms with Crippen LogP contribution < -0.4 is 10.6 Å². The zero-order valence-corrected chi connectivity index (χ0v) is 16.8. The lowest BCUT2D eigenvalue weighted by Gasteiger charge is -2.32. The molecule has 26 heavy (non-hydrogen) atoms. The number of halogens is 1. The Bertz CT molecular complexity index is 676. The summed E-state index contributed by atoms with van der Waals surface area (Å²) in [7, 11) is 1.82. The van der Waals surface area contributed by atoms with Crippen molar-refractivity contribution in [1.29, 1.82) is 0 Å². The lowest BCUT2D eigenvalue weighted by atomic mass is 9.97. The van der Waals surface area contributed by atoms with Gasteiger partial charge in [0.2, 0.25) is 0 Å². The second-order valence-corrected chi connectivity index (χ2v) is 8.20. The van der Waals surface area contributed by atoms with Crippen LogP contribution in [0.5, 0.6) is 0 Å². The molecule has 2 heterocycles. The Balaban J connectivity index is 1.36. The minimum atomic E-state index is 0.712. The Morgan fingerprint density at radius 2 is 1.96 bits per heavy atom.